The summed E-state index contributed by atoms with van der Waals surface area (Å²) in [7, 11) is -15.0. The van der Waals surface area contributed by atoms with Crippen molar-refractivity contribution < 1.29 is 53.2 Å². The SMILES string of the molecule is CC(S)C(=O)CCCCCNC(=O)COc1cc(S(=O)(=O)O)c2ccc3c(S(=O)(=O)O)cc(S(=O)(=O)O)c4ccc1c2c43. The molecule has 4 rings (SSSR count). The first kappa shape index (κ1) is 32.8. The van der Waals surface area contributed by atoms with Crippen molar-refractivity contribution in [3.05, 3.63) is 36.4 Å². The molecule has 1 atom stereocenters. The largest absolute Gasteiger partial charge is 0.483 e. The predicted molar refractivity (Wildman–Crippen MR) is 160 cm³/mol. The number of hydrogen-bond donors (Lipinski definition) is 5. The zero-order valence-corrected chi connectivity index (χ0v) is 25.8. The van der Waals surface area contributed by atoms with Crippen LogP contribution in [0.1, 0.15) is 32.6 Å². The Bertz CT molecular complexity index is 2020. The van der Waals surface area contributed by atoms with Crippen molar-refractivity contribution in [3.63, 3.8) is 0 Å². The van der Waals surface area contributed by atoms with Gasteiger partial charge in [-0.15, -0.1) is 0 Å². The Kier molecular flexibility index (Phi) is 9.28. The van der Waals surface area contributed by atoms with Crippen molar-refractivity contribution in [2.24, 2.45) is 0 Å². The van der Waals surface area contributed by atoms with Gasteiger partial charge < -0.3 is 10.1 Å². The highest BCUT2D eigenvalue weighted by molar-refractivity contribution is 7.87. The Morgan fingerprint density at radius 1 is 0.767 bits per heavy atom. The predicted octanol–water partition coefficient (Wildman–Crippen LogP) is 3.27. The van der Waals surface area contributed by atoms with Gasteiger partial charge in [0.05, 0.1) is 5.25 Å². The van der Waals surface area contributed by atoms with E-state index in [1.807, 2.05) is 0 Å². The molecule has 0 fully saturated rings. The number of benzene rings is 4. The molecule has 0 spiro atoms. The zero-order valence-electron chi connectivity index (χ0n) is 22.5. The van der Waals surface area contributed by atoms with Crippen LogP contribution in [-0.4, -0.2) is 69.0 Å². The molecule has 0 aliphatic heterocycles. The van der Waals surface area contributed by atoms with Gasteiger partial charge in [0, 0.05) is 51.3 Å². The second kappa shape index (κ2) is 12.1. The third kappa shape index (κ3) is 7.03. The minimum atomic E-state index is -5.05. The number of nitrogens with one attached hydrogen (secondary N) is 1. The summed E-state index contributed by atoms with van der Waals surface area (Å²) in [5.41, 5.74) is 0. The number of thiol groups is 1. The fourth-order valence-electron chi connectivity index (χ4n) is 4.86. The molecule has 17 heteroatoms. The summed E-state index contributed by atoms with van der Waals surface area (Å²) in [6.45, 7) is 1.38. The number of carbonyl (C=O) groups is 2. The van der Waals surface area contributed by atoms with Gasteiger partial charge in [-0.25, -0.2) is 0 Å². The van der Waals surface area contributed by atoms with Gasteiger partial charge in [-0.3, -0.25) is 23.2 Å². The number of carbonyl (C=O) groups excluding carboxylic acids is 2. The smallest absolute Gasteiger partial charge is 0.295 e. The summed E-state index contributed by atoms with van der Waals surface area (Å²) >= 11 is 4.08. The summed E-state index contributed by atoms with van der Waals surface area (Å²) in [6.07, 6.45) is 2.27. The highest BCUT2D eigenvalue weighted by atomic mass is 32.2. The van der Waals surface area contributed by atoms with Crippen LogP contribution in [0.25, 0.3) is 32.3 Å². The quantitative estimate of drug-likeness (QED) is 0.0598. The zero-order chi connectivity index (χ0) is 31.9. The summed E-state index contributed by atoms with van der Waals surface area (Å²) in [5, 5.41) is 1.62. The molecular weight excluding hydrogens is 647 g/mol. The molecular formula is C26H27NO12S4. The van der Waals surface area contributed by atoms with E-state index in [9.17, 15) is 48.5 Å². The Labute approximate surface area is 252 Å². The van der Waals surface area contributed by atoms with Gasteiger partial charge in [0.25, 0.3) is 36.3 Å². The number of rotatable bonds is 13. The van der Waals surface area contributed by atoms with Gasteiger partial charge in [0.2, 0.25) is 0 Å². The van der Waals surface area contributed by atoms with Crippen LogP contribution in [0.5, 0.6) is 5.75 Å². The molecule has 4 aromatic rings. The molecule has 0 aliphatic rings. The van der Waals surface area contributed by atoms with Gasteiger partial charge in [-0.05, 0) is 31.9 Å². The minimum Gasteiger partial charge on any atom is -0.483 e. The molecule has 0 bridgehead atoms. The van der Waals surface area contributed by atoms with Crippen LogP contribution in [0.3, 0.4) is 0 Å². The molecule has 13 nitrogen and oxygen atoms in total. The molecule has 232 valence electrons. The fourth-order valence-corrected chi connectivity index (χ4v) is 7.19. The second-order valence-corrected chi connectivity index (χ2v) is 14.8. The molecule has 0 aromatic heterocycles. The number of ether oxygens (including phenoxy) is 1. The maximum Gasteiger partial charge on any atom is 0.295 e. The van der Waals surface area contributed by atoms with Gasteiger partial charge in [-0.1, -0.05) is 24.6 Å². The number of Topliss-reactive ketones (excluding diaryl/α,β-unsaturated/α-hetero) is 1. The molecule has 0 heterocycles. The lowest BCUT2D eigenvalue weighted by molar-refractivity contribution is -0.123. The highest BCUT2D eigenvalue weighted by Gasteiger charge is 2.28. The van der Waals surface area contributed by atoms with E-state index < -0.39 is 57.6 Å². The topological polar surface area (TPSA) is 219 Å². The van der Waals surface area contributed by atoms with Crippen molar-refractivity contribution in [3.8, 4) is 5.75 Å². The standard InChI is InChI=1S/C26H27NO12S4/c1-14(40)19(28)5-3-2-4-10-27-24(29)13-39-20-11-21(41(30,31)32)16-8-9-18-23(43(36,37)38)12-22(42(33,34)35)17-7-6-15(20)25(16)26(17)18/h6-9,11-12,14,40H,2-5,10,13H2,1H3,(H,27,29)(H,30,31,32)(H,33,34,35)(H,36,37,38). The molecule has 4 aromatic carbocycles. The fraction of sp³-hybridized carbons (Fsp3) is 0.308. The Hall–Kier alpha value is -3.06. The van der Waals surface area contributed by atoms with E-state index in [1.54, 1.807) is 6.92 Å². The Morgan fingerprint density at radius 3 is 1.72 bits per heavy atom. The molecule has 0 radical (unpaired) electrons. The molecule has 0 saturated heterocycles. The number of hydrogen-bond acceptors (Lipinski definition) is 10. The maximum atomic E-state index is 12.5. The van der Waals surface area contributed by atoms with Crippen molar-refractivity contribution in [1.29, 1.82) is 0 Å². The lowest BCUT2D eigenvalue weighted by Gasteiger charge is -2.19. The van der Waals surface area contributed by atoms with E-state index in [-0.39, 0.29) is 55.6 Å². The first-order chi connectivity index (χ1) is 19.9. The highest BCUT2D eigenvalue weighted by Crippen LogP contribution is 2.45. The third-order valence-electron chi connectivity index (χ3n) is 6.83. The van der Waals surface area contributed by atoms with Crippen LogP contribution < -0.4 is 10.1 Å². The van der Waals surface area contributed by atoms with Crippen molar-refractivity contribution >= 4 is 87.0 Å². The molecule has 0 aliphatic carbocycles. The maximum absolute atomic E-state index is 12.5. The monoisotopic (exact) mass is 673 g/mol. The van der Waals surface area contributed by atoms with Gasteiger partial charge >= 0.3 is 0 Å². The summed E-state index contributed by atoms with van der Waals surface area (Å²) < 4.78 is 109. The molecule has 1 amide bonds. The van der Waals surface area contributed by atoms with E-state index in [0.29, 0.717) is 31.7 Å². The van der Waals surface area contributed by atoms with E-state index in [0.717, 1.165) is 18.2 Å². The van der Waals surface area contributed by atoms with Gasteiger partial charge in [-0.2, -0.15) is 37.9 Å². The van der Waals surface area contributed by atoms with Gasteiger partial charge in [0.1, 0.15) is 26.2 Å². The first-order valence-corrected chi connectivity index (χ1v) is 17.6. The molecule has 0 saturated carbocycles. The number of unbranched alkanes of at least 4 members (excludes halogenated alkanes) is 2. The van der Waals surface area contributed by atoms with E-state index >= 15 is 0 Å². The molecule has 1 unspecified atom stereocenters. The average Bonchev–Trinajstić information content (AvgIpc) is 2.90. The van der Waals surface area contributed by atoms with Crippen molar-refractivity contribution in [2.75, 3.05) is 13.2 Å². The van der Waals surface area contributed by atoms with Crippen molar-refractivity contribution in [2.45, 2.75) is 52.5 Å². The van der Waals surface area contributed by atoms with Gasteiger partial charge in [0.15, 0.2) is 6.61 Å². The lowest BCUT2D eigenvalue weighted by Crippen LogP contribution is -2.29. The summed E-state index contributed by atoms with van der Waals surface area (Å²) in [5.74, 6) is -0.752. The second-order valence-electron chi connectivity index (χ2n) is 9.83. The molecule has 4 N–H and O–H groups in total. The van der Waals surface area contributed by atoms with Crippen LogP contribution in [-0.2, 0) is 39.9 Å². The van der Waals surface area contributed by atoms with Crippen LogP contribution in [0.2, 0.25) is 0 Å². The van der Waals surface area contributed by atoms with Crippen LogP contribution in [0, 0.1) is 0 Å². The first-order valence-electron chi connectivity index (χ1n) is 12.7. The van der Waals surface area contributed by atoms with Crippen LogP contribution in [0.15, 0.2) is 51.1 Å². The average molecular weight is 674 g/mol. The van der Waals surface area contributed by atoms with E-state index in [1.165, 1.54) is 12.1 Å². The summed E-state index contributed by atoms with van der Waals surface area (Å²) in [6, 6.07) is 6.38. The third-order valence-corrected chi connectivity index (χ3v) is 9.80. The Morgan fingerprint density at radius 2 is 1.23 bits per heavy atom. The minimum absolute atomic E-state index is 0.0294. The molecule has 43 heavy (non-hydrogen) atoms. The normalized spacial score (nSPS) is 13.5. The van der Waals surface area contributed by atoms with Crippen molar-refractivity contribution in [1.82, 2.24) is 5.32 Å². The van der Waals surface area contributed by atoms with Crippen LogP contribution in [0.4, 0.5) is 0 Å². The summed E-state index contributed by atoms with van der Waals surface area (Å²) in [4.78, 5) is 21.7. The number of ketones is 1. The van der Waals surface area contributed by atoms with E-state index in [2.05, 4.69) is 17.9 Å². The lowest BCUT2D eigenvalue weighted by atomic mass is 9.93. The van der Waals surface area contributed by atoms with Crippen LogP contribution >= 0.6 is 12.6 Å². The Balaban J connectivity index is 1.74. The van der Waals surface area contributed by atoms with E-state index in [4.69, 9.17) is 4.74 Å². The number of amides is 1.